The molecule has 0 aliphatic rings. The van der Waals surface area contributed by atoms with Crippen LogP contribution < -0.4 is 4.74 Å². The van der Waals surface area contributed by atoms with Crippen LogP contribution in [0.3, 0.4) is 0 Å². The quantitative estimate of drug-likeness (QED) is 0.671. The summed E-state index contributed by atoms with van der Waals surface area (Å²) in [5.74, 6) is 1.37. The maximum atomic E-state index is 10.9. The van der Waals surface area contributed by atoms with Gasteiger partial charge in [0.25, 0.3) is 0 Å². The number of carbonyl (C=O) groups is 1. The van der Waals surface area contributed by atoms with Crippen molar-refractivity contribution in [2.75, 3.05) is 7.11 Å². The first-order chi connectivity index (χ1) is 9.33. The summed E-state index contributed by atoms with van der Waals surface area (Å²) in [4.78, 5) is 10.9. The second-order valence-electron chi connectivity index (χ2n) is 4.03. The van der Waals surface area contributed by atoms with E-state index in [1.807, 2.05) is 24.3 Å². The van der Waals surface area contributed by atoms with Crippen molar-refractivity contribution in [3.05, 3.63) is 48.2 Å². The minimum absolute atomic E-state index is 0.573. The van der Waals surface area contributed by atoms with Gasteiger partial charge in [0.05, 0.1) is 12.7 Å². The first-order valence-electron chi connectivity index (χ1n) is 5.77. The number of carbonyl (C=O) groups excluding carboxylic acids is 1. The molecule has 5 nitrogen and oxygen atoms in total. The average Bonchev–Trinajstić information content (AvgIpc) is 2.89. The third-order valence-corrected chi connectivity index (χ3v) is 2.91. The number of aldehydes is 1. The van der Waals surface area contributed by atoms with E-state index < -0.39 is 0 Å². The Balaban J connectivity index is 2.27. The molecule has 0 bridgehead atoms. The lowest BCUT2D eigenvalue weighted by Gasteiger charge is -2.06. The Kier molecular flexibility index (Phi) is 2.72. The Bertz CT molecular complexity index is 749. The predicted octanol–water partition coefficient (Wildman–Crippen LogP) is 2.22. The van der Waals surface area contributed by atoms with Crippen molar-refractivity contribution in [3.63, 3.8) is 0 Å². The smallest absolute Gasteiger partial charge is 0.172 e. The molecule has 2 aromatic heterocycles. The van der Waals surface area contributed by atoms with Gasteiger partial charge < -0.3 is 4.74 Å². The fraction of sp³-hybridized carbons (Fsp3) is 0.0714. The number of para-hydroxylation sites is 1. The molecule has 3 aromatic rings. The van der Waals surface area contributed by atoms with Gasteiger partial charge in [-0.05, 0) is 24.3 Å². The lowest BCUT2D eigenvalue weighted by molar-refractivity contribution is 0.112. The average molecular weight is 253 g/mol. The van der Waals surface area contributed by atoms with Gasteiger partial charge in [0.2, 0.25) is 0 Å². The molecule has 19 heavy (non-hydrogen) atoms. The second-order valence-corrected chi connectivity index (χ2v) is 4.03. The molecule has 0 spiro atoms. The number of fused-ring (bicyclic) bond motifs is 1. The van der Waals surface area contributed by atoms with Gasteiger partial charge in [0.15, 0.2) is 17.8 Å². The van der Waals surface area contributed by atoms with Crippen LogP contribution in [0.15, 0.2) is 42.6 Å². The van der Waals surface area contributed by atoms with Gasteiger partial charge in [-0.25, -0.2) is 0 Å². The lowest BCUT2D eigenvalue weighted by Crippen LogP contribution is -1.94. The van der Waals surface area contributed by atoms with Crippen molar-refractivity contribution in [2.24, 2.45) is 0 Å². The summed E-state index contributed by atoms with van der Waals surface area (Å²) < 4.78 is 7.10. The number of benzene rings is 1. The Morgan fingerprint density at radius 3 is 2.79 bits per heavy atom. The summed E-state index contributed by atoms with van der Waals surface area (Å²) in [6, 6.07) is 11.0. The zero-order chi connectivity index (χ0) is 13.2. The molecule has 0 saturated heterocycles. The fourth-order valence-corrected chi connectivity index (χ4v) is 1.99. The van der Waals surface area contributed by atoms with Crippen LogP contribution in [0.1, 0.15) is 10.4 Å². The van der Waals surface area contributed by atoms with Gasteiger partial charge in [-0.15, -0.1) is 10.2 Å². The number of ether oxygens (including phenoxy) is 1. The summed E-state index contributed by atoms with van der Waals surface area (Å²) in [6.07, 6.45) is 2.51. The molecule has 0 saturated carbocycles. The van der Waals surface area contributed by atoms with Gasteiger partial charge in [-0.2, -0.15) is 0 Å². The molecular formula is C14H11N3O2. The zero-order valence-corrected chi connectivity index (χ0v) is 10.3. The third kappa shape index (κ3) is 1.85. The largest absolute Gasteiger partial charge is 0.496 e. The summed E-state index contributed by atoms with van der Waals surface area (Å²) in [5, 5.41) is 8.25. The van der Waals surface area contributed by atoms with E-state index in [1.165, 1.54) is 0 Å². The number of pyridine rings is 1. The number of nitrogens with zero attached hydrogens (tertiary/aromatic N) is 3. The van der Waals surface area contributed by atoms with E-state index in [0.717, 1.165) is 11.8 Å². The van der Waals surface area contributed by atoms with Crippen molar-refractivity contribution in [1.82, 2.24) is 14.6 Å². The van der Waals surface area contributed by atoms with Crippen LogP contribution in [0.2, 0.25) is 0 Å². The molecular weight excluding hydrogens is 242 g/mol. The van der Waals surface area contributed by atoms with Crippen molar-refractivity contribution in [1.29, 1.82) is 0 Å². The summed E-state index contributed by atoms with van der Waals surface area (Å²) in [6.45, 7) is 0. The van der Waals surface area contributed by atoms with Gasteiger partial charge in [-0.3, -0.25) is 9.20 Å². The van der Waals surface area contributed by atoms with E-state index in [9.17, 15) is 4.79 Å². The molecule has 2 heterocycles. The Hall–Kier alpha value is -2.69. The van der Waals surface area contributed by atoms with E-state index >= 15 is 0 Å². The third-order valence-electron chi connectivity index (χ3n) is 2.91. The first-order valence-corrected chi connectivity index (χ1v) is 5.77. The minimum Gasteiger partial charge on any atom is -0.496 e. The normalized spacial score (nSPS) is 10.6. The monoisotopic (exact) mass is 253 g/mol. The number of rotatable bonds is 3. The highest BCUT2D eigenvalue weighted by Gasteiger charge is 2.12. The molecule has 0 atom stereocenters. The molecule has 0 fully saturated rings. The molecule has 5 heteroatoms. The number of aromatic nitrogens is 3. The van der Waals surface area contributed by atoms with Crippen molar-refractivity contribution in [3.8, 4) is 17.1 Å². The van der Waals surface area contributed by atoms with Crippen LogP contribution >= 0.6 is 0 Å². The van der Waals surface area contributed by atoms with Crippen LogP contribution in [-0.4, -0.2) is 28.0 Å². The van der Waals surface area contributed by atoms with Gasteiger partial charge in [-0.1, -0.05) is 12.1 Å². The predicted molar refractivity (Wildman–Crippen MR) is 70.4 cm³/mol. The summed E-state index contributed by atoms with van der Waals surface area (Å²) >= 11 is 0. The van der Waals surface area contributed by atoms with E-state index in [-0.39, 0.29) is 0 Å². The van der Waals surface area contributed by atoms with Gasteiger partial charge in [0, 0.05) is 11.8 Å². The second kappa shape index (κ2) is 4.53. The summed E-state index contributed by atoms with van der Waals surface area (Å²) in [7, 11) is 1.61. The Morgan fingerprint density at radius 2 is 2.00 bits per heavy atom. The molecule has 94 valence electrons. The molecule has 0 aliphatic heterocycles. The van der Waals surface area contributed by atoms with Crippen molar-refractivity contribution < 1.29 is 9.53 Å². The van der Waals surface area contributed by atoms with E-state index in [4.69, 9.17) is 4.74 Å². The van der Waals surface area contributed by atoms with E-state index in [2.05, 4.69) is 10.2 Å². The zero-order valence-electron chi connectivity index (χ0n) is 10.3. The number of hydrogen-bond acceptors (Lipinski definition) is 4. The molecule has 0 amide bonds. The molecule has 0 unspecified atom stereocenters. The van der Waals surface area contributed by atoms with Crippen molar-refractivity contribution in [2.45, 2.75) is 0 Å². The van der Waals surface area contributed by atoms with Crippen LogP contribution in [0.5, 0.6) is 5.75 Å². The highest BCUT2D eigenvalue weighted by molar-refractivity contribution is 5.76. The molecule has 0 radical (unpaired) electrons. The highest BCUT2D eigenvalue weighted by atomic mass is 16.5. The summed E-state index contributed by atoms with van der Waals surface area (Å²) in [5.41, 5.74) is 2.09. The van der Waals surface area contributed by atoms with E-state index in [1.54, 1.807) is 29.8 Å². The van der Waals surface area contributed by atoms with Gasteiger partial charge in [0.1, 0.15) is 5.75 Å². The lowest BCUT2D eigenvalue weighted by atomic mass is 10.2. The molecule has 0 aliphatic carbocycles. The molecule has 1 aromatic carbocycles. The van der Waals surface area contributed by atoms with Crippen LogP contribution in [0.4, 0.5) is 0 Å². The highest BCUT2D eigenvalue weighted by Crippen LogP contribution is 2.28. The van der Waals surface area contributed by atoms with Crippen LogP contribution in [-0.2, 0) is 0 Å². The number of methoxy groups -OCH3 is 1. The molecule has 3 rings (SSSR count). The van der Waals surface area contributed by atoms with E-state index in [0.29, 0.717) is 22.8 Å². The maximum Gasteiger partial charge on any atom is 0.172 e. The maximum absolute atomic E-state index is 10.9. The topological polar surface area (TPSA) is 56.5 Å². The number of hydrogen-bond donors (Lipinski definition) is 0. The Labute approximate surface area is 109 Å². The van der Waals surface area contributed by atoms with Gasteiger partial charge >= 0.3 is 0 Å². The fourth-order valence-electron chi connectivity index (χ4n) is 1.99. The van der Waals surface area contributed by atoms with Crippen LogP contribution in [0.25, 0.3) is 17.0 Å². The standard InChI is InChI=1S/C14H11N3O2/c1-19-12-5-3-2-4-11(12)14-16-15-13-7-6-10(9-18)8-17(13)14/h2-9H,1H3. The van der Waals surface area contributed by atoms with Crippen molar-refractivity contribution >= 4 is 11.9 Å². The SMILES string of the molecule is COc1ccccc1-c1nnc2ccc(C=O)cn12. The minimum atomic E-state index is 0.573. The molecule has 0 N–H and O–H groups in total. The van der Waals surface area contributed by atoms with Crippen LogP contribution in [0, 0.1) is 0 Å². The Morgan fingerprint density at radius 1 is 1.16 bits per heavy atom. The first kappa shape index (κ1) is 11.4.